The summed E-state index contributed by atoms with van der Waals surface area (Å²) >= 11 is 4.31. The third kappa shape index (κ3) is 4.68. The van der Waals surface area contributed by atoms with Crippen LogP contribution in [0.4, 0.5) is 0 Å². The zero-order chi connectivity index (χ0) is 6.41. The van der Waals surface area contributed by atoms with E-state index in [4.69, 9.17) is 4.43 Å². The summed E-state index contributed by atoms with van der Waals surface area (Å²) in [6, 6.07) is 1.19. The van der Waals surface area contributed by atoms with Gasteiger partial charge >= 0.3 is 0 Å². The van der Waals surface area contributed by atoms with Crippen molar-refractivity contribution in [3.63, 3.8) is 0 Å². The van der Waals surface area contributed by atoms with E-state index in [1.807, 2.05) is 6.92 Å². The van der Waals surface area contributed by atoms with Crippen LogP contribution < -0.4 is 0 Å². The lowest BCUT2D eigenvalue weighted by Gasteiger charge is -2.04. The molecule has 1 atom stereocenters. The molecule has 0 heterocycles. The summed E-state index contributed by atoms with van der Waals surface area (Å²) in [5.41, 5.74) is 0. The zero-order valence-corrected chi connectivity index (χ0v) is 7.60. The van der Waals surface area contributed by atoms with Gasteiger partial charge in [-0.3, -0.25) is 0 Å². The van der Waals surface area contributed by atoms with E-state index >= 15 is 0 Å². The van der Waals surface area contributed by atoms with E-state index in [0.717, 1.165) is 6.61 Å². The molecule has 0 rings (SSSR count). The van der Waals surface area contributed by atoms with Gasteiger partial charge < -0.3 is 4.43 Å². The van der Waals surface area contributed by atoms with Crippen LogP contribution in [0.5, 0.6) is 0 Å². The Kier molecular flexibility index (Phi) is 6.03. The summed E-state index contributed by atoms with van der Waals surface area (Å²) in [4.78, 5) is 0. The molecule has 0 aliphatic heterocycles. The van der Waals surface area contributed by atoms with E-state index in [2.05, 4.69) is 19.0 Å². The lowest BCUT2D eigenvalue weighted by Crippen LogP contribution is -2.08. The molecule has 0 aromatic heterocycles. The van der Waals surface area contributed by atoms with Crippen molar-refractivity contribution >= 4 is 20.3 Å². The molecule has 0 saturated carbocycles. The van der Waals surface area contributed by atoms with Crippen molar-refractivity contribution < 1.29 is 4.43 Å². The highest BCUT2D eigenvalue weighted by Gasteiger charge is 2.00. The first kappa shape index (κ1) is 8.53. The fourth-order valence-corrected chi connectivity index (χ4v) is 2.79. The van der Waals surface area contributed by atoms with Crippen LogP contribution in [0, 0.1) is 0 Å². The Morgan fingerprint density at radius 3 is 2.50 bits per heavy atom. The molecule has 0 aromatic rings. The van der Waals surface area contributed by atoms with Gasteiger partial charge in [0.1, 0.15) is 0 Å². The lowest BCUT2D eigenvalue weighted by molar-refractivity contribution is 0.355. The van der Waals surface area contributed by atoms with Crippen LogP contribution in [0.2, 0.25) is 6.04 Å². The highest BCUT2D eigenvalue weighted by molar-refractivity contribution is 8.09. The second kappa shape index (κ2) is 5.66. The first-order valence-electron chi connectivity index (χ1n) is 3.11. The summed E-state index contributed by atoms with van der Waals surface area (Å²) in [6.07, 6.45) is 1.21. The second-order valence-electron chi connectivity index (χ2n) is 1.70. The van der Waals surface area contributed by atoms with E-state index in [1.54, 1.807) is 0 Å². The van der Waals surface area contributed by atoms with Gasteiger partial charge in [-0.05, 0) is 13.0 Å². The molecule has 1 nitrogen and oxygen atoms in total. The number of thiol groups is 1. The van der Waals surface area contributed by atoms with Crippen LogP contribution in [-0.2, 0) is 4.43 Å². The van der Waals surface area contributed by atoms with E-state index in [1.165, 1.54) is 12.5 Å². The van der Waals surface area contributed by atoms with E-state index in [9.17, 15) is 0 Å². The van der Waals surface area contributed by atoms with Crippen LogP contribution in [-0.4, -0.2) is 14.8 Å². The third-order valence-electron chi connectivity index (χ3n) is 0.895. The van der Waals surface area contributed by atoms with E-state index in [-0.39, 0.29) is 0 Å². The standard InChI is InChI=1S/C5H14OSSi/c1-3-5-8(7)6-4-2/h7-8H,3-5H2,1-2H3. The molecule has 3 heteroatoms. The Bertz CT molecular complexity index is 45.7. The Balaban J connectivity index is 2.92. The summed E-state index contributed by atoms with van der Waals surface area (Å²) in [5.74, 6) is 0. The maximum atomic E-state index is 5.29. The second-order valence-corrected chi connectivity index (χ2v) is 5.25. The minimum atomic E-state index is -1.01. The number of rotatable bonds is 4. The van der Waals surface area contributed by atoms with Gasteiger partial charge in [0.15, 0.2) is 0 Å². The van der Waals surface area contributed by atoms with E-state index < -0.39 is 8.19 Å². The van der Waals surface area contributed by atoms with Gasteiger partial charge in [0.2, 0.25) is 8.19 Å². The van der Waals surface area contributed by atoms with Gasteiger partial charge in [-0.25, -0.2) is 0 Å². The Morgan fingerprint density at radius 1 is 1.50 bits per heavy atom. The topological polar surface area (TPSA) is 9.23 Å². The molecule has 0 aromatic carbocycles. The van der Waals surface area contributed by atoms with Gasteiger partial charge in [0, 0.05) is 6.61 Å². The molecule has 0 aliphatic rings. The Labute approximate surface area is 58.2 Å². The molecule has 0 N–H and O–H groups in total. The monoisotopic (exact) mass is 150 g/mol. The molecule has 0 aliphatic carbocycles. The van der Waals surface area contributed by atoms with Gasteiger partial charge in [-0.15, -0.1) is 0 Å². The fraction of sp³-hybridized carbons (Fsp3) is 1.00. The van der Waals surface area contributed by atoms with Crippen LogP contribution >= 0.6 is 12.1 Å². The van der Waals surface area contributed by atoms with Gasteiger partial charge in [-0.2, -0.15) is 12.1 Å². The zero-order valence-electron chi connectivity index (χ0n) is 5.55. The third-order valence-corrected chi connectivity index (χ3v) is 3.91. The molecule has 0 spiro atoms. The number of hydrogen-bond acceptors (Lipinski definition) is 2. The van der Waals surface area contributed by atoms with Crippen LogP contribution in [0.25, 0.3) is 0 Å². The molecule has 8 heavy (non-hydrogen) atoms. The first-order chi connectivity index (χ1) is 3.81. The average molecular weight is 150 g/mol. The van der Waals surface area contributed by atoms with Crippen LogP contribution in [0.1, 0.15) is 20.3 Å². The fourth-order valence-electron chi connectivity index (χ4n) is 0.523. The minimum absolute atomic E-state index is 0.834. The maximum Gasteiger partial charge on any atom is 0.235 e. The normalized spacial score (nSPS) is 13.9. The molecule has 0 saturated heterocycles. The van der Waals surface area contributed by atoms with Crippen molar-refractivity contribution in [2.75, 3.05) is 6.61 Å². The van der Waals surface area contributed by atoms with Crippen LogP contribution in [0.3, 0.4) is 0 Å². The summed E-state index contributed by atoms with van der Waals surface area (Å²) in [6.45, 7) is 5.02. The predicted octanol–water partition coefficient (Wildman–Crippen LogP) is 1.58. The average Bonchev–Trinajstić information content (AvgIpc) is 1.68. The molecule has 0 amide bonds. The minimum Gasteiger partial charge on any atom is -0.410 e. The molecule has 0 radical (unpaired) electrons. The van der Waals surface area contributed by atoms with Crippen molar-refractivity contribution in [1.29, 1.82) is 0 Å². The molecule has 0 fully saturated rings. The first-order valence-corrected chi connectivity index (χ1v) is 6.46. The molecule has 0 bridgehead atoms. The highest BCUT2D eigenvalue weighted by Crippen LogP contribution is 2.01. The van der Waals surface area contributed by atoms with Gasteiger partial charge in [0.05, 0.1) is 0 Å². The largest absolute Gasteiger partial charge is 0.410 e. The quantitative estimate of drug-likeness (QED) is 0.473. The summed E-state index contributed by atoms with van der Waals surface area (Å²) in [7, 11) is -1.01. The van der Waals surface area contributed by atoms with Crippen molar-refractivity contribution in [3.8, 4) is 0 Å². The molecule has 50 valence electrons. The predicted molar refractivity (Wildman–Crippen MR) is 42.9 cm³/mol. The van der Waals surface area contributed by atoms with Gasteiger partial charge in [0.25, 0.3) is 0 Å². The molecule has 1 unspecified atom stereocenters. The van der Waals surface area contributed by atoms with Gasteiger partial charge in [-0.1, -0.05) is 13.3 Å². The highest BCUT2D eigenvalue weighted by atomic mass is 32.3. The summed E-state index contributed by atoms with van der Waals surface area (Å²) in [5, 5.41) is 0. The van der Waals surface area contributed by atoms with Crippen molar-refractivity contribution in [2.24, 2.45) is 0 Å². The Hall–Kier alpha value is 0.527. The lowest BCUT2D eigenvalue weighted by atomic mass is 10.6. The Morgan fingerprint density at radius 2 is 2.12 bits per heavy atom. The number of hydrogen-bond donors (Lipinski definition) is 1. The maximum absolute atomic E-state index is 5.29. The molecular weight excluding hydrogens is 136 g/mol. The smallest absolute Gasteiger partial charge is 0.235 e. The van der Waals surface area contributed by atoms with E-state index in [0.29, 0.717) is 0 Å². The van der Waals surface area contributed by atoms with Crippen molar-refractivity contribution in [1.82, 2.24) is 0 Å². The van der Waals surface area contributed by atoms with Crippen molar-refractivity contribution in [3.05, 3.63) is 0 Å². The van der Waals surface area contributed by atoms with Crippen LogP contribution in [0.15, 0.2) is 0 Å². The molecular formula is C5H14OSSi. The van der Waals surface area contributed by atoms with Crippen molar-refractivity contribution in [2.45, 2.75) is 26.3 Å². The summed E-state index contributed by atoms with van der Waals surface area (Å²) < 4.78 is 5.29. The SMILES string of the molecule is CCC[SiH](S)OCC.